The highest BCUT2D eigenvalue weighted by Gasteiger charge is 2.68. The number of phenols is 1. The molecule has 4 unspecified atom stereocenters. The molecular weight excluding hydrogens is 553 g/mol. The Bertz CT molecular complexity index is 1520. The number of nitrogens with zero attached hydrogens (tertiary/aromatic N) is 1. The number of aryl methyl sites for hydroxylation is 2. The highest BCUT2D eigenvalue weighted by atomic mass is 19.4. The lowest BCUT2D eigenvalue weighted by Gasteiger charge is -2.32. The molecule has 42 heavy (non-hydrogen) atoms. The molecule has 0 saturated carbocycles. The van der Waals surface area contributed by atoms with Gasteiger partial charge in [-0.25, -0.2) is 4.90 Å². The number of carbonyl (C=O) groups is 3. The smallest absolute Gasteiger partial charge is 0.508 e. The number of alkyl halides is 3. The van der Waals surface area contributed by atoms with E-state index in [-0.39, 0.29) is 17.7 Å². The zero-order valence-corrected chi connectivity index (χ0v) is 22.8. The maximum atomic E-state index is 14.3. The van der Waals surface area contributed by atoms with Crippen molar-refractivity contribution in [1.29, 1.82) is 0 Å². The number of carbonyl (C=O) groups excluding carboxylic acids is 2. The lowest BCUT2D eigenvalue weighted by Crippen LogP contribution is -2.57. The predicted molar refractivity (Wildman–Crippen MR) is 146 cm³/mol. The summed E-state index contributed by atoms with van der Waals surface area (Å²) in [6.07, 6.45) is -4.19. The Morgan fingerprint density at radius 2 is 1.60 bits per heavy atom. The van der Waals surface area contributed by atoms with E-state index >= 15 is 0 Å². The molecule has 0 aromatic heterocycles. The molecule has 0 spiro atoms. The fraction of sp³-hybridized carbons (Fsp3) is 0.323. The number of amides is 2. The highest BCUT2D eigenvalue weighted by molar-refractivity contribution is 6.25. The standard InChI is InChI=1S/C31H29F3N2O6/c1-3-18-7-5-8-19(4-2)26(18)36-27(38)23-24(28(36)39)30(29(40)41,16-17-11-13-21(37)14-12-17)35-25(23)20-9-6-10-22(15-20)42-31(32,33)34/h5-15,23-25,35,37H,3-4,16H2,1-2H3,(H,40,41). The largest absolute Gasteiger partial charge is 0.573 e. The van der Waals surface area contributed by atoms with E-state index in [0.29, 0.717) is 24.1 Å². The lowest BCUT2D eigenvalue weighted by atomic mass is 9.76. The number of carboxylic acid groups (broad SMARTS) is 1. The zero-order valence-electron chi connectivity index (χ0n) is 22.8. The van der Waals surface area contributed by atoms with Crippen LogP contribution in [0.3, 0.4) is 0 Å². The van der Waals surface area contributed by atoms with E-state index in [1.54, 1.807) is 12.1 Å². The molecule has 0 radical (unpaired) electrons. The van der Waals surface area contributed by atoms with Crippen LogP contribution < -0.4 is 15.0 Å². The van der Waals surface area contributed by atoms with Crippen molar-refractivity contribution in [2.45, 2.75) is 51.1 Å². The molecule has 3 aromatic carbocycles. The third-order valence-electron chi connectivity index (χ3n) is 8.09. The number of phenolic OH excluding ortho intramolecular Hbond substituents is 1. The summed E-state index contributed by atoms with van der Waals surface area (Å²) in [4.78, 5) is 42.8. The van der Waals surface area contributed by atoms with E-state index in [4.69, 9.17) is 0 Å². The van der Waals surface area contributed by atoms with Crippen molar-refractivity contribution in [1.82, 2.24) is 5.32 Å². The van der Waals surface area contributed by atoms with Crippen LogP contribution in [0.4, 0.5) is 18.9 Å². The van der Waals surface area contributed by atoms with Crippen molar-refractivity contribution < 1.29 is 42.5 Å². The van der Waals surface area contributed by atoms with Gasteiger partial charge in [-0.15, -0.1) is 13.2 Å². The van der Waals surface area contributed by atoms with E-state index in [9.17, 15) is 37.8 Å². The van der Waals surface area contributed by atoms with Crippen LogP contribution in [0.25, 0.3) is 0 Å². The van der Waals surface area contributed by atoms with Crippen molar-refractivity contribution in [2.75, 3.05) is 4.90 Å². The molecule has 3 N–H and O–H groups in total. The number of rotatable bonds is 8. The van der Waals surface area contributed by atoms with Crippen molar-refractivity contribution in [2.24, 2.45) is 11.8 Å². The van der Waals surface area contributed by atoms with Crippen molar-refractivity contribution >= 4 is 23.5 Å². The molecule has 2 aliphatic heterocycles. The molecule has 8 nitrogen and oxygen atoms in total. The van der Waals surface area contributed by atoms with E-state index in [0.717, 1.165) is 28.2 Å². The van der Waals surface area contributed by atoms with Crippen LogP contribution in [-0.4, -0.2) is 39.9 Å². The quantitative estimate of drug-likeness (QED) is 0.323. The summed E-state index contributed by atoms with van der Waals surface area (Å²) in [6.45, 7) is 3.76. The first-order chi connectivity index (χ1) is 19.9. The average Bonchev–Trinajstić information content (AvgIpc) is 3.42. The molecule has 11 heteroatoms. The molecule has 0 bridgehead atoms. The molecule has 0 aliphatic carbocycles. The normalized spacial score (nSPS) is 23.7. The summed E-state index contributed by atoms with van der Waals surface area (Å²) >= 11 is 0. The van der Waals surface area contributed by atoms with Gasteiger partial charge in [0.05, 0.1) is 17.5 Å². The first-order valence-electron chi connectivity index (χ1n) is 13.5. The maximum absolute atomic E-state index is 14.3. The van der Waals surface area contributed by atoms with Crippen LogP contribution in [0.1, 0.15) is 42.1 Å². The second-order valence-electron chi connectivity index (χ2n) is 10.5. The second kappa shape index (κ2) is 10.8. The summed E-state index contributed by atoms with van der Waals surface area (Å²) in [7, 11) is 0. The minimum atomic E-state index is -4.97. The highest BCUT2D eigenvalue weighted by Crippen LogP contribution is 2.52. The Morgan fingerprint density at radius 1 is 0.976 bits per heavy atom. The summed E-state index contributed by atoms with van der Waals surface area (Å²) in [5.41, 5.74) is 0.536. The predicted octanol–water partition coefficient (Wildman–Crippen LogP) is 4.93. The monoisotopic (exact) mass is 582 g/mol. The second-order valence-corrected chi connectivity index (χ2v) is 10.5. The molecule has 4 atom stereocenters. The number of hydrogen-bond acceptors (Lipinski definition) is 6. The minimum absolute atomic E-state index is 0.0405. The Hall–Kier alpha value is -4.38. The topological polar surface area (TPSA) is 116 Å². The van der Waals surface area contributed by atoms with Crippen molar-refractivity contribution in [3.8, 4) is 11.5 Å². The van der Waals surface area contributed by atoms with Crippen LogP contribution in [0.5, 0.6) is 11.5 Å². The van der Waals surface area contributed by atoms with Gasteiger partial charge >= 0.3 is 12.3 Å². The maximum Gasteiger partial charge on any atom is 0.573 e. The van der Waals surface area contributed by atoms with Crippen LogP contribution in [-0.2, 0) is 33.6 Å². The summed E-state index contributed by atoms with van der Waals surface area (Å²) in [6, 6.07) is 15.1. The van der Waals surface area contributed by atoms with Gasteiger partial charge in [-0.2, -0.15) is 0 Å². The Balaban J connectivity index is 1.68. The van der Waals surface area contributed by atoms with Crippen molar-refractivity contribution in [3.05, 3.63) is 89.0 Å². The molecule has 220 valence electrons. The number of nitrogens with one attached hydrogen (secondary N) is 1. The third kappa shape index (κ3) is 4.98. The van der Waals surface area contributed by atoms with Crippen molar-refractivity contribution in [3.63, 3.8) is 0 Å². The van der Waals surface area contributed by atoms with Gasteiger partial charge in [0, 0.05) is 12.5 Å². The molecule has 5 rings (SSSR count). The van der Waals surface area contributed by atoms with Gasteiger partial charge in [0.1, 0.15) is 17.0 Å². The Morgan fingerprint density at radius 3 is 2.17 bits per heavy atom. The number of para-hydroxylation sites is 1. The number of fused-ring (bicyclic) bond motifs is 1. The molecule has 2 fully saturated rings. The van der Waals surface area contributed by atoms with E-state index in [1.807, 2.05) is 19.9 Å². The number of carboxylic acids is 1. The third-order valence-corrected chi connectivity index (χ3v) is 8.09. The minimum Gasteiger partial charge on any atom is -0.508 e. The van der Waals surface area contributed by atoms with E-state index in [1.165, 1.54) is 36.4 Å². The number of anilines is 1. The van der Waals surface area contributed by atoms with Crippen LogP contribution in [0.2, 0.25) is 0 Å². The van der Waals surface area contributed by atoms with Gasteiger partial charge in [-0.3, -0.25) is 19.7 Å². The molecule has 2 amide bonds. The average molecular weight is 583 g/mol. The zero-order chi connectivity index (χ0) is 30.4. The number of benzene rings is 3. The molecule has 3 aromatic rings. The van der Waals surface area contributed by atoms with Crippen LogP contribution in [0.15, 0.2) is 66.7 Å². The van der Waals surface area contributed by atoms with Gasteiger partial charge in [-0.05, 0) is 59.4 Å². The van der Waals surface area contributed by atoms with Gasteiger partial charge in [-0.1, -0.05) is 56.3 Å². The van der Waals surface area contributed by atoms with Crippen LogP contribution >= 0.6 is 0 Å². The fourth-order valence-corrected chi connectivity index (χ4v) is 6.29. The van der Waals surface area contributed by atoms with Gasteiger partial charge in [0.2, 0.25) is 11.8 Å². The SMILES string of the molecule is CCc1cccc(CC)c1N1C(=O)C2C(c3cccc(OC(F)(F)F)c3)NC(Cc3ccc(O)cc3)(C(=O)O)C2C1=O. The molecular formula is C31H29F3N2O6. The number of halogens is 3. The Labute approximate surface area is 239 Å². The number of imide groups is 1. The van der Waals surface area contributed by atoms with Gasteiger partial charge < -0.3 is 14.9 Å². The molecule has 2 saturated heterocycles. The summed E-state index contributed by atoms with van der Waals surface area (Å²) in [5, 5.41) is 23.4. The Kier molecular flexibility index (Phi) is 7.48. The number of hydrogen-bond donors (Lipinski definition) is 3. The first kappa shape index (κ1) is 29.1. The number of aromatic hydroxyl groups is 1. The summed E-state index contributed by atoms with van der Waals surface area (Å²) in [5.74, 6) is -5.92. The summed E-state index contributed by atoms with van der Waals surface area (Å²) < 4.78 is 43.2. The molecule has 2 aliphatic rings. The van der Waals surface area contributed by atoms with E-state index < -0.39 is 53.3 Å². The molecule has 2 heterocycles. The van der Waals surface area contributed by atoms with Gasteiger partial charge in [0.15, 0.2) is 0 Å². The number of aliphatic carboxylic acids is 1. The fourth-order valence-electron chi connectivity index (χ4n) is 6.29. The first-order valence-corrected chi connectivity index (χ1v) is 13.5. The lowest BCUT2D eigenvalue weighted by molar-refractivity contribution is -0.274. The van der Waals surface area contributed by atoms with Gasteiger partial charge in [0.25, 0.3) is 0 Å². The number of ether oxygens (including phenoxy) is 1. The van der Waals surface area contributed by atoms with Crippen LogP contribution in [0, 0.1) is 11.8 Å². The van der Waals surface area contributed by atoms with E-state index in [2.05, 4.69) is 10.1 Å².